The summed E-state index contributed by atoms with van der Waals surface area (Å²) in [5.41, 5.74) is -0.316. The molecular formula is C11H8F3NO3S2. The molecule has 0 saturated heterocycles. The molecule has 1 aromatic carbocycles. The van der Waals surface area contributed by atoms with E-state index in [1.165, 1.54) is 11.4 Å². The molecule has 0 unspecified atom stereocenters. The number of aliphatic hydroxyl groups is 1. The van der Waals surface area contributed by atoms with Crippen LogP contribution in [0.25, 0.3) is 0 Å². The minimum atomic E-state index is -4.13. The van der Waals surface area contributed by atoms with Gasteiger partial charge in [-0.25, -0.2) is 21.6 Å². The van der Waals surface area contributed by atoms with E-state index in [0.29, 0.717) is 11.6 Å². The molecular weight excluding hydrogens is 315 g/mol. The lowest BCUT2D eigenvalue weighted by Crippen LogP contribution is -2.13. The van der Waals surface area contributed by atoms with E-state index >= 15 is 0 Å². The van der Waals surface area contributed by atoms with Crippen molar-refractivity contribution in [1.82, 2.24) is 0 Å². The molecule has 20 heavy (non-hydrogen) atoms. The Labute approximate surface area is 116 Å². The molecule has 9 heteroatoms. The highest BCUT2D eigenvalue weighted by atomic mass is 32.2. The summed E-state index contributed by atoms with van der Waals surface area (Å²) in [5, 5.41) is 10.3. The van der Waals surface area contributed by atoms with Crippen molar-refractivity contribution in [2.24, 2.45) is 0 Å². The first kappa shape index (κ1) is 14.8. The molecule has 0 bridgehead atoms. The molecule has 2 N–H and O–H groups in total. The van der Waals surface area contributed by atoms with Crippen LogP contribution in [0.5, 0.6) is 0 Å². The fraction of sp³-hybridized carbons (Fsp3) is 0.0909. The molecule has 1 heterocycles. The lowest BCUT2D eigenvalue weighted by atomic mass is 10.3. The largest absolute Gasteiger partial charge is 0.392 e. The highest BCUT2D eigenvalue weighted by Crippen LogP contribution is 2.25. The van der Waals surface area contributed by atoms with Crippen molar-refractivity contribution < 1.29 is 26.7 Å². The SMILES string of the molecule is O=S(=O)(Nc1cc(F)c(F)cc1F)c1cc(CO)cs1. The van der Waals surface area contributed by atoms with Crippen molar-refractivity contribution in [3.8, 4) is 0 Å². The molecule has 2 aromatic rings. The number of benzene rings is 1. The van der Waals surface area contributed by atoms with Gasteiger partial charge < -0.3 is 5.11 Å². The van der Waals surface area contributed by atoms with E-state index in [0.717, 1.165) is 11.3 Å². The summed E-state index contributed by atoms with van der Waals surface area (Å²) in [6.45, 7) is -0.342. The summed E-state index contributed by atoms with van der Waals surface area (Å²) < 4.78 is 64.6. The smallest absolute Gasteiger partial charge is 0.271 e. The van der Waals surface area contributed by atoms with Crippen molar-refractivity contribution in [2.75, 3.05) is 4.72 Å². The van der Waals surface area contributed by atoms with Crippen molar-refractivity contribution in [1.29, 1.82) is 0 Å². The third kappa shape index (κ3) is 2.94. The average Bonchev–Trinajstić information content (AvgIpc) is 2.85. The van der Waals surface area contributed by atoms with Crippen LogP contribution in [0.15, 0.2) is 27.8 Å². The van der Waals surface area contributed by atoms with Crippen molar-refractivity contribution in [3.05, 3.63) is 46.6 Å². The molecule has 0 atom stereocenters. The Bertz CT molecular complexity index is 743. The molecule has 1 aromatic heterocycles. The van der Waals surface area contributed by atoms with Crippen molar-refractivity contribution in [3.63, 3.8) is 0 Å². The molecule has 108 valence electrons. The Hall–Kier alpha value is -1.58. The van der Waals surface area contributed by atoms with E-state index in [-0.39, 0.29) is 16.9 Å². The topological polar surface area (TPSA) is 66.4 Å². The van der Waals surface area contributed by atoms with E-state index in [2.05, 4.69) is 0 Å². The summed E-state index contributed by atoms with van der Waals surface area (Å²) in [4.78, 5) is 0. The lowest BCUT2D eigenvalue weighted by molar-refractivity contribution is 0.282. The first-order chi connectivity index (χ1) is 9.33. The molecule has 0 aliphatic carbocycles. The number of anilines is 1. The molecule has 0 saturated carbocycles. The van der Waals surface area contributed by atoms with Gasteiger partial charge in [0.1, 0.15) is 10.0 Å². The number of hydrogen-bond donors (Lipinski definition) is 2. The second-order valence-corrected chi connectivity index (χ2v) is 6.60. The van der Waals surface area contributed by atoms with E-state index in [9.17, 15) is 21.6 Å². The fourth-order valence-corrected chi connectivity index (χ4v) is 3.63. The summed E-state index contributed by atoms with van der Waals surface area (Å²) in [6, 6.07) is 1.87. The summed E-state index contributed by atoms with van der Waals surface area (Å²) in [5.74, 6) is -4.01. The maximum atomic E-state index is 13.4. The molecule has 4 nitrogen and oxygen atoms in total. The van der Waals surface area contributed by atoms with Gasteiger partial charge in [0.05, 0.1) is 12.3 Å². The van der Waals surface area contributed by atoms with E-state index in [1.807, 2.05) is 4.72 Å². The van der Waals surface area contributed by atoms with Crippen LogP contribution in [-0.4, -0.2) is 13.5 Å². The standard InChI is InChI=1S/C11H8F3NO3S2/c12-7-2-9(14)10(3-8(7)13)15-20(17,18)11-1-6(4-16)5-19-11/h1-3,5,15-16H,4H2. The third-order valence-corrected chi connectivity index (χ3v) is 5.19. The minimum absolute atomic E-state index is 0.175. The van der Waals surface area contributed by atoms with Crippen LogP contribution in [0.4, 0.5) is 18.9 Å². The summed E-state index contributed by atoms with van der Waals surface area (Å²) >= 11 is 0.813. The van der Waals surface area contributed by atoms with Crippen LogP contribution >= 0.6 is 11.3 Å². The van der Waals surface area contributed by atoms with Crippen LogP contribution in [0.2, 0.25) is 0 Å². The second kappa shape index (κ2) is 5.43. The lowest BCUT2D eigenvalue weighted by Gasteiger charge is -2.07. The van der Waals surface area contributed by atoms with Crippen LogP contribution in [-0.2, 0) is 16.6 Å². The monoisotopic (exact) mass is 323 g/mol. The van der Waals surface area contributed by atoms with Gasteiger partial charge >= 0.3 is 0 Å². The van der Waals surface area contributed by atoms with E-state index in [1.54, 1.807) is 0 Å². The number of nitrogens with one attached hydrogen (secondary N) is 1. The first-order valence-electron chi connectivity index (χ1n) is 5.19. The predicted molar refractivity (Wildman–Crippen MR) is 67.4 cm³/mol. The van der Waals surface area contributed by atoms with E-state index in [4.69, 9.17) is 5.11 Å². The minimum Gasteiger partial charge on any atom is -0.392 e. The molecule has 0 aliphatic heterocycles. The number of halogens is 3. The van der Waals surface area contributed by atoms with Crippen LogP contribution in [0, 0.1) is 17.5 Å². The molecule has 0 spiro atoms. The van der Waals surface area contributed by atoms with Crippen molar-refractivity contribution >= 4 is 27.0 Å². The number of hydrogen-bond acceptors (Lipinski definition) is 4. The average molecular weight is 323 g/mol. The van der Waals surface area contributed by atoms with Gasteiger partial charge in [-0.3, -0.25) is 4.72 Å². The summed E-state index contributed by atoms with van der Waals surface area (Å²) in [6.07, 6.45) is 0. The highest BCUT2D eigenvalue weighted by Gasteiger charge is 2.20. The van der Waals surface area contributed by atoms with Crippen LogP contribution in [0.3, 0.4) is 0 Å². The van der Waals surface area contributed by atoms with Gasteiger partial charge in [0, 0.05) is 12.1 Å². The molecule has 0 aliphatic rings. The van der Waals surface area contributed by atoms with Gasteiger partial charge in [-0.15, -0.1) is 11.3 Å². The van der Waals surface area contributed by atoms with Gasteiger partial charge in [-0.2, -0.15) is 0 Å². The predicted octanol–water partition coefficient (Wildman–Crippen LogP) is 2.46. The molecule has 0 amide bonds. The maximum Gasteiger partial charge on any atom is 0.271 e. The second-order valence-electron chi connectivity index (χ2n) is 3.78. The molecule has 0 fully saturated rings. The summed E-state index contributed by atoms with van der Waals surface area (Å²) in [7, 11) is -4.13. The zero-order valence-corrected chi connectivity index (χ0v) is 11.4. The Morgan fingerprint density at radius 2 is 1.75 bits per heavy atom. The number of rotatable bonds is 4. The maximum absolute atomic E-state index is 13.4. The zero-order chi connectivity index (χ0) is 14.9. The highest BCUT2D eigenvalue weighted by molar-refractivity contribution is 7.94. The van der Waals surface area contributed by atoms with Crippen LogP contribution < -0.4 is 4.72 Å². The van der Waals surface area contributed by atoms with Crippen LogP contribution in [0.1, 0.15) is 5.56 Å². The van der Waals surface area contributed by atoms with Gasteiger partial charge in [-0.1, -0.05) is 0 Å². The van der Waals surface area contributed by atoms with Gasteiger partial charge in [0.2, 0.25) is 0 Å². The van der Waals surface area contributed by atoms with Gasteiger partial charge in [-0.05, 0) is 17.0 Å². The first-order valence-corrected chi connectivity index (χ1v) is 7.55. The fourth-order valence-electron chi connectivity index (χ4n) is 1.37. The Kier molecular flexibility index (Phi) is 4.02. The quantitative estimate of drug-likeness (QED) is 0.850. The Morgan fingerprint density at radius 3 is 2.35 bits per heavy atom. The number of thiophene rings is 1. The van der Waals surface area contributed by atoms with E-state index < -0.39 is 33.2 Å². The molecule has 2 rings (SSSR count). The number of aliphatic hydroxyl groups excluding tert-OH is 1. The van der Waals surface area contributed by atoms with Crippen molar-refractivity contribution in [2.45, 2.75) is 10.8 Å². The Morgan fingerprint density at radius 1 is 1.10 bits per heavy atom. The third-order valence-electron chi connectivity index (χ3n) is 2.33. The Balaban J connectivity index is 2.35. The zero-order valence-electron chi connectivity index (χ0n) is 9.73. The normalized spacial score (nSPS) is 11.6. The molecule has 0 radical (unpaired) electrons. The van der Waals surface area contributed by atoms with Gasteiger partial charge in [0.25, 0.3) is 10.0 Å². The van der Waals surface area contributed by atoms with Gasteiger partial charge in [0.15, 0.2) is 11.6 Å². The number of sulfonamides is 1.